The first-order valence-corrected chi connectivity index (χ1v) is 9.66. The molecular formula is C19H14ClFN2O3S. The Morgan fingerprint density at radius 1 is 0.852 bits per heavy atom. The molecule has 0 saturated carbocycles. The lowest BCUT2D eigenvalue weighted by Crippen LogP contribution is -2.18. The molecule has 0 bridgehead atoms. The Hall–Kier alpha value is -2.90. The van der Waals surface area contributed by atoms with Gasteiger partial charge in [0, 0.05) is 0 Å². The fraction of sp³-hybridized carbons (Fsp3) is 0. The Morgan fingerprint density at radius 3 is 2.11 bits per heavy atom. The first-order chi connectivity index (χ1) is 12.9. The predicted octanol–water partition coefficient (Wildman–Crippen LogP) is 4.53. The summed E-state index contributed by atoms with van der Waals surface area (Å²) in [6.07, 6.45) is 0. The number of carbonyl (C=O) groups is 1. The van der Waals surface area contributed by atoms with E-state index in [1.54, 1.807) is 36.4 Å². The smallest absolute Gasteiger partial charge is 0.261 e. The molecule has 2 N–H and O–H groups in total. The summed E-state index contributed by atoms with van der Waals surface area (Å²) in [5, 5.41) is 3.00. The molecule has 3 rings (SSSR count). The maximum atomic E-state index is 13.0. The van der Waals surface area contributed by atoms with E-state index >= 15 is 0 Å². The highest BCUT2D eigenvalue weighted by molar-refractivity contribution is 7.92. The van der Waals surface area contributed by atoms with Crippen LogP contribution in [0.25, 0.3) is 0 Å². The maximum Gasteiger partial charge on any atom is 0.261 e. The molecule has 3 aromatic rings. The largest absolute Gasteiger partial charge is 0.321 e. The molecule has 0 heterocycles. The standard InChI is InChI=1S/C19H14ClFN2O3S/c20-16-6-2-4-8-18(16)22-19(24)15-5-1-3-7-17(15)23-27(25,26)14-11-9-13(21)10-12-14/h1-12,23H,(H,22,24). The molecule has 0 fully saturated rings. The number of para-hydroxylation sites is 2. The van der Waals surface area contributed by atoms with Crippen LogP contribution in [0, 0.1) is 5.82 Å². The average Bonchev–Trinajstić information content (AvgIpc) is 2.64. The highest BCUT2D eigenvalue weighted by atomic mass is 35.5. The second-order valence-electron chi connectivity index (χ2n) is 5.54. The molecule has 0 radical (unpaired) electrons. The molecule has 0 aromatic heterocycles. The van der Waals surface area contributed by atoms with Crippen molar-refractivity contribution >= 4 is 38.9 Å². The van der Waals surface area contributed by atoms with E-state index in [0.717, 1.165) is 24.3 Å². The summed E-state index contributed by atoms with van der Waals surface area (Å²) in [5.74, 6) is -1.08. The molecule has 8 heteroatoms. The maximum absolute atomic E-state index is 13.0. The molecule has 27 heavy (non-hydrogen) atoms. The molecule has 3 aromatic carbocycles. The molecule has 0 atom stereocenters. The molecule has 0 aliphatic heterocycles. The average molecular weight is 405 g/mol. The molecular weight excluding hydrogens is 391 g/mol. The zero-order valence-electron chi connectivity index (χ0n) is 13.8. The third-order valence-electron chi connectivity index (χ3n) is 3.66. The van der Waals surface area contributed by atoms with E-state index in [4.69, 9.17) is 11.6 Å². The van der Waals surface area contributed by atoms with Gasteiger partial charge in [-0.3, -0.25) is 9.52 Å². The normalized spacial score (nSPS) is 11.0. The third kappa shape index (κ3) is 4.45. The van der Waals surface area contributed by atoms with Crippen molar-refractivity contribution in [2.24, 2.45) is 0 Å². The molecule has 0 aliphatic rings. The molecule has 0 saturated heterocycles. The highest BCUT2D eigenvalue weighted by Crippen LogP contribution is 2.24. The topological polar surface area (TPSA) is 75.3 Å². The molecule has 0 spiro atoms. The van der Waals surface area contributed by atoms with Crippen molar-refractivity contribution < 1.29 is 17.6 Å². The molecule has 1 amide bonds. The summed E-state index contributed by atoms with van der Waals surface area (Å²) in [6.45, 7) is 0. The van der Waals surface area contributed by atoms with E-state index in [2.05, 4.69) is 10.0 Å². The molecule has 0 unspecified atom stereocenters. The Balaban J connectivity index is 1.89. The Bertz CT molecular complexity index is 1090. The number of halogens is 2. The fourth-order valence-electron chi connectivity index (χ4n) is 2.34. The van der Waals surface area contributed by atoms with Crippen LogP contribution in [-0.4, -0.2) is 14.3 Å². The van der Waals surface area contributed by atoms with Crippen LogP contribution in [0.3, 0.4) is 0 Å². The van der Waals surface area contributed by atoms with Gasteiger partial charge in [0.15, 0.2) is 0 Å². The summed E-state index contributed by atoms with van der Waals surface area (Å²) >= 11 is 6.04. The van der Waals surface area contributed by atoms with Crippen molar-refractivity contribution in [3.8, 4) is 0 Å². The van der Waals surface area contributed by atoms with Gasteiger partial charge in [0.25, 0.3) is 15.9 Å². The number of hydrogen-bond donors (Lipinski definition) is 2. The van der Waals surface area contributed by atoms with E-state index in [1.807, 2.05) is 0 Å². The van der Waals surface area contributed by atoms with Crippen molar-refractivity contribution in [3.63, 3.8) is 0 Å². The van der Waals surface area contributed by atoms with Crippen LogP contribution in [0.4, 0.5) is 15.8 Å². The van der Waals surface area contributed by atoms with Crippen molar-refractivity contribution in [2.75, 3.05) is 10.0 Å². The Kier molecular flexibility index (Phi) is 5.43. The first-order valence-electron chi connectivity index (χ1n) is 7.80. The van der Waals surface area contributed by atoms with Crippen molar-refractivity contribution in [3.05, 3.63) is 89.2 Å². The lowest BCUT2D eigenvalue weighted by molar-refractivity contribution is 0.102. The summed E-state index contributed by atoms with van der Waals surface area (Å²) in [5.41, 5.74) is 0.606. The summed E-state index contributed by atoms with van der Waals surface area (Å²) in [6, 6.07) is 17.2. The molecule has 138 valence electrons. The van der Waals surface area contributed by atoms with E-state index in [0.29, 0.717) is 10.7 Å². The van der Waals surface area contributed by atoms with Gasteiger partial charge in [-0.25, -0.2) is 12.8 Å². The predicted molar refractivity (Wildman–Crippen MR) is 103 cm³/mol. The van der Waals surface area contributed by atoms with Gasteiger partial charge in [-0.05, 0) is 48.5 Å². The van der Waals surface area contributed by atoms with Crippen LogP contribution in [-0.2, 0) is 10.0 Å². The number of anilines is 2. The Labute approximate surface area is 160 Å². The second-order valence-corrected chi connectivity index (χ2v) is 7.63. The number of nitrogens with one attached hydrogen (secondary N) is 2. The quantitative estimate of drug-likeness (QED) is 0.655. The van der Waals surface area contributed by atoms with Crippen LogP contribution in [0.5, 0.6) is 0 Å². The third-order valence-corrected chi connectivity index (χ3v) is 5.37. The van der Waals surface area contributed by atoms with Gasteiger partial charge < -0.3 is 5.32 Å². The monoisotopic (exact) mass is 404 g/mol. The van der Waals surface area contributed by atoms with Crippen LogP contribution in [0.2, 0.25) is 5.02 Å². The number of rotatable bonds is 5. The zero-order valence-corrected chi connectivity index (χ0v) is 15.4. The van der Waals surface area contributed by atoms with Gasteiger partial charge in [-0.1, -0.05) is 35.9 Å². The molecule has 0 aliphatic carbocycles. The van der Waals surface area contributed by atoms with Crippen LogP contribution < -0.4 is 10.0 Å². The van der Waals surface area contributed by atoms with Gasteiger partial charge in [0.2, 0.25) is 0 Å². The minimum atomic E-state index is -3.99. The van der Waals surface area contributed by atoms with E-state index < -0.39 is 21.7 Å². The van der Waals surface area contributed by atoms with Crippen molar-refractivity contribution in [2.45, 2.75) is 4.90 Å². The number of carbonyl (C=O) groups excluding carboxylic acids is 1. The van der Waals surface area contributed by atoms with Gasteiger partial charge in [0.05, 0.1) is 26.9 Å². The zero-order chi connectivity index (χ0) is 19.4. The minimum Gasteiger partial charge on any atom is -0.321 e. The van der Waals surface area contributed by atoms with E-state index in [1.165, 1.54) is 12.1 Å². The number of sulfonamides is 1. The lowest BCUT2D eigenvalue weighted by atomic mass is 10.1. The van der Waals surface area contributed by atoms with Gasteiger partial charge >= 0.3 is 0 Å². The van der Waals surface area contributed by atoms with E-state index in [9.17, 15) is 17.6 Å². The summed E-state index contributed by atoms with van der Waals surface area (Å²) < 4.78 is 40.4. The fourth-order valence-corrected chi connectivity index (χ4v) is 3.60. The summed E-state index contributed by atoms with van der Waals surface area (Å²) in [7, 11) is -3.99. The highest BCUT2D eigenvalue weighted by Gasteiger charge is 2.19. The van der Waals surface area contributed by atoms with E-state index in [-0.39, 0.29) is 16.1 Å². The van der Waals surface area contributed by atoms with Crippen LogP contribution >= 0.6 is 11.6 Å². The number of hydrogen-bond acceptors (Lipinski definition) is 3. The van der Waals surface area contributed by atoms with Gasteiger partial charge in [-0.2, -0.15) is 0 Å². The van der Waals surface area contributed by atoms with Crippen LogP contribution in [0.15, 0.2) is 77.7 Å². The minimum absolute atomic E-state index is 0.0892. The number of amides is 1. The SMILES string of the molecule is O=C(Nc1ccccc1Cl)c1ccccc1NS(=O)(=O)c1ccc(F)cc1. The second kappa shape index (κ2) is 7.77. The van der Waals surface area contributed by atoms with Gasteiger partial charge in [0.1, 0.15) is 5.82 Å². The van der Waals surface area contributed by atoms with Crippen molar-refractivity contribution in [1.29, 1.82) is 0 Å². The van der Waals surface area contributed by atoms with Crippen molar-refractivity contribution in [1.82, 2.24) is 0 Å². The van der Waals surface area contributed by atoms with Gasteiger partial charge in [-0.15, -0.1) is 0 Å². The van der Waals surface area contributed by atoms with Crippen LogP contribution in [0.1, 0.15) is 10.4 Å². The first kappa shape index (κ1) is 18.9. The summed E-state index contributed by atoms with van der Waals surface area (Å²) in [4.78, 5) is 12.5. The Morgan fingerprint density at radius 2 is 1.44 bits per heavy atom. The molecule has 5 nitrogen and oxygen atoms in total. The number of benzene rings is 3. The lowest BCUT2D eigenvalue weighted by Gasteiger charge is -2.13.